The molecule has 0 heterocycles. The molecule has 0 N–H and O–H groups in total. The van der Waals surface area contributed by atoms with E-state index in [-0.39, 0.29) is 0 Å². The van der Waals surface area contributed by atoms with Gasteiger partial charge in [0.1, 0.15) is 0 Å². The Balaban J connectivity index is 0.000000461. The Kier molecular flexibility index (Phi) is 4.93. The molecule has 0 aromatic heterocycles. The minimum atomic E-state index is 0.890. The van der Waals surface area contributed by atoms with Crippen LogP contribution in [0.2, 0.25) is 0 Å². The third-order valence-electron chi connectivity index (χ3n) is 2.08. The zero-order valence-corrected chi connectivity index (χ0v) is 7.90. The van der Waals surface area contributed by atoms with Gasteiger partial charge >= 0.3 is 0 Å². The summed E-state index contributed by atoms with van der Waals surface area (Å²) in [4.78, 5) is 0. The first kappa shape index (κ1) is 10.5. The molecule has 0 heteroatoms. The maximum Gasteiger partial charge on any atom is -0.0297 e. The molecule has 0 nitrogen and oxygen atoms in total. The summed E-state index contributed by atoms with van der Waals surface area (Å²) >= 11 is 0. The lowest BCUT2D eigenvalue weighted by molar-refractivity contribution is 0.359. The van der Waals surface area contributed by atoms with E-state index in [0.29, 0.717) is 0 Å². The predicted molar refractivity (Wildman–Crippen MR) is 52.6 cm³/mol. The topological polar surface area (TPSA) is 0 Å². The van der Waals surface area contributed by atoms with Gasteiger partial charge in [0, 0.05) is 0 Å². The molecule has 0 aliphatic heterocycles. The van der Waals surface area contributed by atoms with E-state index in [1.165, 1.54) is 24.8 Å². The van der Waals surface area contributed by atoms with Gasteiger partial charge in [-0.2, -0.15) is 0 Å². The molecular weight excluding hydrogens is 132 g/mol. The van der Waals surface area contributed by atoms with E-state index in [0.717, 1.165) is 11.8 Å². The highest BCUT2D eigenvalue weighted by molar-refractivity contribution is 5.00. The van der Waals surface area contributed by atoms with Crippen molar-refractivity contribution in [3.8, 4) is 0 Å². The summed E-state index contributed by atoms with van der Waals surface area (Å²) in [6.07, 6.45) is 3.94. The van der Waals surface area contributed by atoms with Crippen molar-refractivity contribution in [3.63, 3.8) is 0 Å². The summed E-state index contributed by atoms with van der Waals surface area (Å²) in [6, 6.07) is 0. The third kappa shape index (κ3) is 4.02. The molecule has 1 saturated carbocycles. The highest BCUT2D eigenvalue weighted by atomic mass is 14.2. The van der Waals surface area contributed by atoms with Crippen LogP contribution in [0.5, 0.6) is 0 Å². The van der Waals surface area contributed by atoms with E-state index < -0.39 is 0 Å². The Morgan fingerprint density at radius 1 is 1.09 bits per heavy atom. The molecule has 64 valence electrons. The Morgan fingerprint density at radius 3 is 1.73 bits per heavy atom. The lowest BCUT2D eigenvalue weighted by Gasteiger charge is -2.25. The van der Waals surface area contributed by atoms with Gasteiger partial charge in [0.05, 0.1) is 0 Å². The summed E-state index contributed by atoms with van der Waals surface area (Å²) in [5.41, 5.74) is 1.46. The van der Waals surface area contributed by atoms with Crippen LogP contribution in [0.25, 0.3) is 0 Å². The zero-order valence-electron chi connectivity index (χ0n) is 7.90. The van der Waals surface area contributed by atoms with Crippen molar-refractivity contribution >= 4 is 0 Å². The highest BCUT2D eigenvalue weighted by Crippen LogP contribution is 2.30. The number of hydrogen-bond acceptors (Lipinski definition) is 0. The van der Waals surface area contributed by atoms with Gasteiger partial charge in [-0.1, -0.05) is 26.0 Å². The standard InChI is InChI=1S/C9H16.C2H4/c1-7-4-8(2)6-9(3)5-7;1-2/h8-9H,1,4-6H2,2-3H3;1-2H2. The van der Waals surface area contributed by atoms with Crippen molar-refractivity contribution in [2.24, 2.45) is 11.8 Å². The van der Waals surface area contributed by atoms with Crippen LogP contribution >= 0.6 is 0 Å². The van der Waals surface area contributed by atoms with Gasteiger partial charge < -0.3 is 0 Å². The quantitative estimate of drug-likeness (QED) is 0.463. The predicted octanol–water partition coefficient (Wildman–Crippen LogP) is 3.80. The van der Waals surface area contributed by atoms with Crippen molar-refractivity contribution < 1.29 is 0 Å². The number of rotatable bonds is 0. The first-order valence-corrected chi connectivity index (χ1v) is 4.35. The highest BCUT2D eigenvalue weighted by Gasteiger charge is 2.16. The molecule has 0 amide bonds. The Morgan fingerprint density at radius 2 is 1.45 bits per heavy atom. The molecule has 1 rings (SSSR count). The minimum absolute atomic E-state index is 0.890. The van der Waals surface area contributed by atoms with Gasteiger partial charge in [0.25, 0.3) is 0 Å². The van der Waals surface area contributed by atoms with Crippen LogP contribution in [-0.2, 0) is 0 Å². The van der Waals surface area contributed by atoms with E-state index in [4.69, 9.17) is 0 Å². The fourth-order valence-corrected chi connectivity index (χ4v) is 1.92. The van der Waals surface area contributed by atoms with Gasteiger partial charge in [0.2, 0.25) is 0 Å². The van der Waals surface area contributed by atoms with Crippen molar-refractivity contribution in [1.29, 1.82) is 0 Å². The lowest BCUT2D eigenvalue weighted by atomic mass is 9.81. The van der Waals surface area contributed by atoms with Gasteiger partial charge in [-0.15, -0.1) is 13.2 Å². The molecule has 0 saturated heterocycles. The largest absolute Gasteiger partial charge is 0.106 e. The second-order valence-electron chi connectivity index (χ2n) is 3.60. The second kappa shape index (κ2) is 5.17. The average Bonchev–Trinajstić information content (AvgIpc) is 1.88. The normalized spacial score (nSPS) is 30.5. The second-order valence-corrected chi connectivity index (χ2v) is 3.60. The van der Waals surface area contributed by atoms with Gasteiger partial charge in [0.15, 0.2) is 0 Å². The van der Waals surface area contributed by atoms with Crippen molar-refractivity contribution in [3.05, 3.63) is 25.3 Å². The maximum atomic E-state index is 4.01. The molecule has 1 aliphatic rings. The average molecular weight is 152 g/mol. The van der Waals surface area contributed by atoms with Crippen molar-refractivity contribution in [1.82, 2.24) is 0 Å². The van der Waals surface area contributed by atoms with Crippen molar-refractivity contribution in [2.75, 3.05) is 0 Å². The monoisotopic (exact) mass is 152 g/mol. The third-order valence-corrected chi connectivity index (χ3v) is 2.08. The number of allylic oxidation sites excluding steroid dienone is 1. The van der Waals surface area contributed by atoms with Gasteiger partial charge in [-0.25, -0.2) is 0 Å². The SMILES string of the molecule is C=C.C=C1CC(C)CC(C)C1. The van der Waals surface area contributed by atoms with Crippen LogP contribution in [0.4, 0.5) is 0 Å². The first-order chi connectivity index (χ1) is 5.18. The summed E-state index contributed by atoms with van der Waals surface area (Å²) in [5, 5.41) is 0. The van der Waals surface area contributed by atoms with Crippen LogP contribution in [0, 0.1) is 11.8 Å². The number of hydrogen-bond donors (Lipinski definition) is 0. The van der Waals surface area contributed by atoms with Crippen LogP contribution in [0.3, 0.4) is 0 Å². The zero-order chi connectivity index (χ0) is 8.85. The van der Waals surface area contributed by atoms with Crippen LogP contribution in [0.15, 0.2) is 25.3 Å². The van der Waals surface area contributed by atoms with E-state index in [2.05, 4.69) is 33.6 Å². The van der Waals surface area contributed by atoms with Gasteiger partial charge in [-0.3, -0.25) is 0 Å². The maximum absolute atomic E-state index is 4.01. The summed E-state index contributed by atoms with van der Waals surface area (Å²) in [5.74, 6) is 1.78. The molecule has 1 fully saturated rings. The molecule has 1 aliphatic carbocycles. The summed E-state index contributed by atoms with van der Waals surface area (Å²) < 4.78 is 0. The first-order valence-electron chi connectivity index (χ1n) is 4.35. The Hall–Kier alpha value is -0.520. The molecule has 0 aromatic rings. The molecule has 0 spiro atoms. The molecule has 0 bridgehead atoms. The van der Waals surface area contributed by atoms with E-state index >= 15 is 0 Å². The van der Waals surface area contributed by atoms with Crippen LogP contribution in [0.1, 0.15) is 33.1 Å². The summed E-state index contributed by atoms with van der Waals surface area (Å²) in [7, 11) is 0. The fourth-order valence-electron chi connectivity index (χ4n) is 1.92. The molecule has 0 aromatic carbocycles. The Labute approximate surface area is 71.0 Å². The smallest absolute Gasteiger partial charge is 0.0297 e. The minimum Gasteiger partial charge on any atom is -0.106 e. The Bertz CT molecular complexity index is 112. The molecule has 0 radical (unpaired) electrons. The van der Waals surface area contributed by atoms with E-state index in [1.54, 1.807) is 0 Å². The van der Waals surface area contributed by atoms with Crippen molar-refractivity contribution in [2.45, 2.75) is 33.1 Å². The van der Waals surface area contributed by atoms with Gasteiger partial charge in [-0.05, 0) is 31.1 Å². The van der Waals surface area contributed by atoms with E-state index in [1.807, 2.05) is 0 Å². The summed E-state index contributed by atoms with van der Waals surface area (Å²) in [6.45, 7) is 14.7. The van der Waals surface area contributed by atoms with Crippen LogP contribution in [-0.4, -0.2) is 0 Å². The van der Waals surface area contributed by atoms with E-state index in [9.17, 15) is 0 Å². The molecular formula is C11H20. The molecule has 2 atom stereocenters. The fraction of sp³-hybridized carbons (Fsp3) is 0.636. The lowest BCUT2D eigenvalue weighted by Crippen LogP contribution is -2.11. The molecule has 11 heavy (non-hydrogen) atoms. The molecule has 2 unspecified atom stereocenters. The van der Waals surface area contributed by atoms with Crippen LogP contribution < -0.4 is 0 Å².